The second kappa shape index (κ2) is 5.91. The van der Waals surface area contributed by atoms with Crippen molar-refractivity contribution < 1.29 is 13.9 Å². The molecule has 1 N–H and O–H groups in total. The molecule has 0 aliphatic rings. The van der Waals surface area contributed by atoms with Crippen LogP contribution in [0.25, 0.3) is 0 Å². The van der Waals surface area contributed by atoms with Crippen LogP contribution in [0.3, 0.4) is 0 Å². The fourth-order valence-electron chi connectivity index (χ4n) is 2.21. The molecular weight excluding hydrogens is 271 g/mol. The summed E-state index contributed by atoms with van der Waals surface area (Å²) in [6, 6.07) is 5.98. The maximum absolute atomic E-state index is 13.6. The van der Waals surface area contributed by atoms with Gasteiger partial charge >= 0.3 is 0 Å². The Balaban J connectivity index is 2.28. The van der Waals surface area contributed by atoms with E-state index in [1.807, 2.05) is 26.8 Å². The molecule has 0 atom stereocenters. The molecule has 1 amide bonds. The first-order valence-corrected chi connectivity index (χ1v) is 6.52. The van der Waals surface area contributed by atoms with Gasteiger partial charge in [-0.2, -0.15) is 0 Å². The van der Waals surface area contributed by atoms with Crippen LogP contribution < -0.4 is 10.1 Å². The van der Waals surface area contributed by atoms with E-state index in [4.69, 9.17) is 4.74 Å². The summed E-state index contributed by atoms with van der Waals surface area (Å²) in [5, 5.41) is 2.78. The minimum atomic E-state index is -0.569. The maximum atomic E-state index is 13.6. The molecule has 2 rings (SSSR count). The molecule has 0 fully saturated rings. The zero-order valence-corrected chi connectivity index (χ0v) is 12.5. The van der Waals surface area contributed by atoms with Crippen molar-refractivity contribution in [3.8, 4) is 5.75 Å². The molecule has 1 aromatic carbocycles. The van der Waals surface area contributed by atoms with Crippen LogP contribution in [0.2, 0.25) is 0 Å². The zero-order valence-electron chi connectivity index (χ0n) is 12.5. The van der Waals surface area contributed by atoms with Crippen LogP contribution >= 0.6 is 0 Å². The minimum absolute atomic E-state index is 0.107. The third-order valence-electron chi connectivity index (χ3n) is 3.18. The van der Waals surface area contributed by atoms with Crippen LogP contribution in [0, 0.1) is 26.6 Å². The van der Waals surface area contributed by atoms with Crippen LogP contribution in [0.1, 0.15) is 27.3 Å². The molecule has 110 valence electrons. The Bertz CT molecular complexity index is 676. The second-order valence-electron chi connectivity index (χ2n) is 4.84. The van der Waals surface area contributed by atoms with E-state index in [1.54, 1.807) is 0 Å². The van der Waals surface area contributed by atoms with Gasteiger partial charge in [0.05, 0.1) is 18.5 Å². The molecule has 0 saturated carbocycles. The Hall–Kier alpha value is -2.43. The van der Waals surface area contributed by atoms with Crippen LogP contribution in [-0.4, -0.2) is 18.0 Å². The van der Waals surface area contributed by atoms with Crippen molar-refractivity contribution in [2.75, 3.05) is 12.4 Å². The average molecular weight is 288 g/mol. The lowest BCUT2D eigenvalue weighted by Crippen LogP contribution is -2.15. The normalized spacial score (nSPS) is 10.3. The monoisotopic (exact) mass is 288 g/mol. The molecule has 0 spiro atoms. The first-order chi connectivity index (χ1) is 9.92. The highest BCUT2D eigenvalue weighted by Crippen LogP contribution is 2.22. The number of hydrogen-bond acceptors (Lipinski definition) is 3. The predicted molar refractivity (Wildman–Crippen MR) is 79.4 cm³/mol. The molecular formula is C16H17FN2O2. The van der Waals surface area contributed by atoms with Gasteiger partial charge in [0.2, 0.25) is 0 Å². The Kier molecular flexibility index (Phi) is 4.21. The first-order valence-electron chi connectivity index (χ1n) is 6.52. The number of aromatic nitrogens is 1. The van der Waals surface area contributed by atoms with Crippen molar-refractivity contribution >= 4 is 11.6 Å². The minimum Gasteiger partial charge on any atom is -0.494 e. The quantitative estimate of drug-likeness (QED) is 0.941. The number of carbonyl (C=O) groups excluding carboxylic acids is 1. The zero-order chi connectivity index (χ0) is 15.6. The molecule has 0 bridgehead atoms. The fourth-order valence-corrected chi connectivity index (χ4v) is 2.21. The lowest BCUT2D eigenvalue weighted by Gasteiger charge is -2.12. The summed E-state index contributed by atoms with van der Waals surface area (Å²) < 4.78 is 18.5. The van der Waals surface area contributed by atoms with E-state index >= 15 is 0 Å². The number of methoxy groups -OCH3 is 1. The van der Waals surface area contributed by atoms with Gasteiger partial charge in [0.25, 0.3) is 5.91 Å². The number of benzene rings is 1. The average Bonchev–Trinajstić information content (AvgIpc) is 2.42. The van der Waals surface area contributed by atoms with E-state index in [2.05, 4.69) is 10.3 Å². The van der Waals surface area contributed by atoms with E-state index < -0.39 is 5.82 Å². The van der Waals surface area contributed by atoms with Crippen molar-refractivity contribution in [2.24, 2.45) is 0 Å². The Morgan fingerprint density at radius 3 is 2.52 bits per heavy atom. The number of nitrogens with zero attached hydrogens (tertiary/aromatic N) is 1. The van der Waals surface area contributed by atoms with Gasteiger partial charge in [-0.3, -0.25) is 9.78 Å². The van der Waals surface area contributed by atoms with Gasteiger partial charge in [-0.1, -0.05) is 0 Å². The molecule has 1 heterocycles. The second-order valence-corrected chi connectivity index (χ2v) is 4.84. The highest BCUT2D eigenvalue weighted by atomic mass is 19.1. The van der Waals surface area contributed by atoms with Crippen molar-refractivity contribution in [1.82, 2.24) is 4.98 Å². The van der Waals surface area contributed by atoms with Gasteiger partial charge in [0, 0.05) is 11.3 Å². The third kappa shape index (κ3) is 3.18. The number of amides is 1. The van der Waals surface area contributed by atoms with Gasteiger partial charge < -0.3 is 10.1 Å². The summed E-state index contributed by atoms with van der Waals surface area (Å²) in [5.41, 5.74) is 3.42. The van der Waals surface area contributed by atoms with Crippen LogP contribution in [0.4, 0.5) is 10.1 Å². The van der Waals surface area contributed by atoms with E-state index in [0.717, 1.165) is 23.0 Å². The molecule has 5 heteroatoms. The summed E-state index contributed by atoms with van der Waals surface area (Å²) in [6.45, 7) is 5.61. The van der Waals surface area contributed by atoms with E-state index in [9.17, 15) is 9.18 Å². The number of hydrogen-bond donors (Lipinski definition) is 1. The number of rotatable bonds is 3. The van der Waals surface area contributed by atoms with Crippen LogP contribution in [-0.2, 0) is 0 Å². The van der Waals surface area contributed by atoms with E-state index in [0.29, 0.717) is 5.69 Å². The summed E-state index contributed by atoms with van der Waals surface area (Å²) >= 11 is 0. The van der Waals surface area contributed by atoms with E-state index in [1.165, 1.54) is 19.2 Å². The number of nitrogens with one attached hydrogen (secondary N) is 1. The molecule has 0 aliphatic heterocycles. The van der Waals surface area contributed by atoms with Gasteiger partial charge in [0.15, 0.2) is 11.6 Å². The largest absolute Gasteiger partial charge is 0.494 e. The molecule has 0 saturated heterocycles. The number of pyridine rings is 1. The maximum Gasteiger partial charge on any atom is 0.255 e. The SMILES string of the molecule is COc1ccc(C(=O)Nc2c(C)cc(C)nc2C)cc1F. The number of anilines is 1. The summed E-state index contributed by atoms with van der Waals surface area (Å²) in [7, 11) is 1.38. The Labute approximate surface area is 123 Å². The van der Waals surface area contributed by atoms with Crippen molar-refractivity contribution in [2.45, 2.75) is 20.8 Å². The molecule has 0 radical (unpaired) electrons. The van der Waals surface area contributed by atoms with Crippen molar-refractivity contribution in [3.63, 3.8) is 0 Å². The standard InChI is InChI=1S/C16H17FN2O2/c1-9-7-10(2)18-11(3)15(9)19-16(20)12-5-6-14(21-4)13(17)8-12/h5-8H,1-4H3,(H,19,20). The summed E-state index contributed by atoms with van der Waals surface area (Å²) in [6.07, 6.45) is 0. The molecule has 2 aromatic rings. The van der Waals surface area contributed by atoms with Gasteiger partial charge in [0.1, 0.15) is 0 Å². The number of carbonyl (C=O) groups is 1. The summed E-state index contributed by atoms with van der Waals surface area (Å²) in [4.78, 5) is 16.5. The third-order valence-corrected chi connectivity index (χ3v) is 3.18. The topological polar surface area (TPSA) is 51.2 Å². The number of ether oxygens (including phenoxy) is 1. The number of halogens is 1. The molecule has 0 unspecified atom stereocenters. The van der Waals surface area contributed by atoms with Crippen molar-refractivity contribution in [1.29, 1.82) is 0 Å². The van der Waals surface area contributed by atoms with Gasteiger partial charge in [-0.05, 0) is 50.6 Å². The predicted octanol–water partition coefficient (Wildman–Crippen LogP) is 3.41. The van der Waals surface area contributed by atoms with Gasteiger partial charge in [-0.25, -0.2) is 4.39 Å². The Morgan fingerprint density at radius 2 is 1.95 bits per heavy atom. The highest BCUT2D eigenvalue weighted by Gasteiger charge is 2.13. The number of aryl methyl sites for hydroxylation is 3. The van der Waals surface area contributed by atoms with Crippen LogP contribution in [0.5, 0.6) is 5.75 Å². The smallest absolute Gasteiger partial charge is 0.255 e. The first kappa shape index (κ1) is 15.0. The molecule has 0 aliphatic carbocycles. The van der Waals surface area contributed by atoms with Gasteiger partial charge in [-0.15, -0.1) is 0 Å². The molecule has 1 aromatic heterocycles. The van der Waals surface area contributed by atoms with Crippen molar-refractivity contribution in [3.05, 3.63) is 52.6 Å². The van der Waals surface area contributed by atoms with E-state index in [-0.39, 0.29) is 17.2 Å². The van der Waals surface area contributed by atoms with Crippen LogP contribution in [0.15, 0.2) is 24.3 Å². The highest BCUT2D eigenvalue weighted by molar-refractivity contribution is 6.05. The fraction of sp³-hybridized carbons (Fsp3) is 0.250. The molecule has 21 heavy (non-hydrogen) atoms. The summed E-state index contributed by atoms with van der Waals surface area (Å²) in [5.74, 6) is -0.843. The lowest BCUT2D eigenvalue weighted by molar-refractivity contribution is 0.102. The molecule has 4 nitrogen and oxygen atoms in total. The Morgan fingerprint density at radius 1 is 1.24 bits per heavy atom. The lowest BCUT2D eigenvalue weighted by atomic mass is 10.1.